The second-order valence-electron chi connectivity index (χ2n) is 8.57. The van der Waals surface area contributed by atoms with E-state index in [0.29, 0.717) is 19.5 Å². The fourth-order valence-electron chi connectivity index (χ4n) is 4.50. The van der Waals surface area contributed by atoms with Gasteiger partial charge in [0, 0.05) is 38.4 Å². The zero-order chi connectivity index (χ0) is 22.7. The Kier molecular flexibility index (Phi) is 6.44. The van der Waals surface area contributed by atoms with Crippen molar-refractivity contribution in [2.24, 2.45) is 11.8 Å². The number of amides is 2. The minimum atomic E-state index is -0.859. The van der Waals surface area contributed by atoms with Crippen molar-refractivity contribution >= 4 is 18.0 Å². The van der Waals surface area contributed by atoms with E-state index in [1.807, 2.05) is 24.3 Å². The number of hydrogen-bond donors (Lipinski definition) is 2. The molecule has 0 aromatic heterocycles. The van der Waals surface area contributed by atoms with Crippen molar-refractivity contribution in [2.75, 3.05) is 26.7 Å². The Labute approximate surface area is 187 Å². The van der Waals surface area contributed by atoms with E-state index in [1.54, 1.807) is 11.9 Å². The predicted molar refractivity (Wildman–Crippen MR) is 119 cm³/mol. The minimum Gasteiger partial charge on any atom is -0.481 e. The summed E-state index contributed by atoms with van der Waals surface area (Å²) < 4.78 is 5.54. The number of alkyl carbamates (subject to hydrolysis) is 1. The number of benzene rings is 2. The first-order chi connectivity index (χ1) is 15.5. The summed E-state index contributed by atoms with van der Waals surface area (Å²) in [4.78, 5) is 36.9. The van der Waals surface area contributed by atoms with Crippen LogP contribution >= 0.6 is 0 Å². The van der Waals surface area contributed by atoms with Gasteiger partial charge < -0.3 is 20.1 Å². The van der Waals surface area contributed by atoms with Gasteiger partial charge in [0.05, 0.1) is 0 Å². The molecule has 2 aromatic rings. The number of ether oxygens (including phenoxy) is 1. The van der Waals surface area contributed by atoms with Crippen LogP contribution < -0.4 is 5.32 Å². The Hall–Kier alpha value is -3.35. The van der Waals surface area contributed by atoms with Gasteiger partial charge in [-0.15, -0.1) is 0 Å². The van der Waals surface area contributed by atoms with Crippen LogP contribution in [0.5, 0.6) is 0 Å². The summed E-state index contributed by atoms with van der Waals surface area (Å²) in [5.74, 6) is -0.844. The number of nitrogens with one attached hydrogen (secondary N) is 1. The first kappa shape index (κ1) is 21.9. The van der Waals surface area contributed by atoms with Crippen LogP contribution in [0.4, 0.5) is 4.79 Å². The van der Waals surface area contributed by atoms with Crippen LogP contribution in [0.25, 0.3) is 11.1 Å². The average Bonchev–Trinajstić information content (AvgIpc) is 3.50. The molecule has 0 spiro atoms. The van der Waals surface area contributed by atoms with Gasteiger partial charge in [-0.25, -0.2) is 4.79 Å². The summed E-state index contributed by atoms with van der Waals surface area (Å²) in [6.07, 6.45) is 0.744. The van der Waals surface area contributed by atoms with E-state index < -0.39 is 12.1 Å². The van der Waals surface area contributed by atoms with Gasteiger partial charge >= 0.3 is 12.1 Å². The predicted octanol–water partition coefficient (Wildman–Crippen LogP) is 3.48. The van der Waals surface area contributed by atoms with E-state index in [0.717, 1.165) is 6.42 Å². The minimum absolute atomic E-state index is 0.00901. The molecular formula is C25H28N2O5. The lowest BCUT2D eigenvalue weighted by Crippen LogP contribution is -2.32. The Balaban J connectivity index is 1.22. The number of nitrogens with zero attached hydrogens (tertiary/aromatic N) is 1. The molecule has 4 rings (SSSR count). The first-order valence-corrected chi connectivity index (χ1v) is 11.0. The van der Waals surface area contributed by atoms with E-state index in [9.17, 15) is 14.4 Å². The van der Waals surface area contributed by atoms with Crippen LogP contribution in [0.2, 0.25) is 0 Å². The monoisotopic (exact) mass is 436 g/mol. The second-order valence-corrected chi connectivity index (χ2v) is 8.57. The van der Waals surface area contributed by atoms with Gasteiger partial charge in [0.15, 0.2) is 0 Å². The van der Waals surface area contributed by atoms with Crippen LogP contribution in [0.3, 0.4) is 0 Å². The third-order valence-electron chi connectivity index (χ3n) is 6.35. The molecule has 0 radical (unpaired) electrons. The summed E-state index contributed by atoms with van der Waals surface area (Å²) in [5, 5.41) is 11.5. The molecule has 2 atom stereocenters. The maximum atomic E-state index is 12.4. The summed E-state index contributed by atoms with van der Waals surface area (Å²) in [6, 6.07) is 16.4. The fraction of sp³-hybridized carbons (Fsp3) is 0.400. The lowest BCUT2D eigenvalue weighted by molar-refractivity contribution is -0.138. The van der Waals surface area contributed by atoms with E-state index in [2.05, 4.69) is 29.6 Å². The van der Waals surface area contributed by atoms with Crippen LogP contribution in [0, 0.1) is 11.8 Å². The summed E-state index contributed by atoms with van der Waals surface area (Å²) in [7, 11) is 1.69. The van der Waals surface area contributed by atoms with Crippen molar-refractivity contribution in [3.8, 4) is 11.1 Å². The highest BCUT2D eigenvalue weighted by atomic mass is 16.5. The van der Waals surface area contributed by atoms with Crippen LogP contribution in [0.1, 0.15) is 36.3 Å². The van der Waals surface area contributed by atoms with Gasteiger partial charge in [-0.05, 0) is 41.0 Å². The first-order valence-electron chi connectivity index (χ1n) is 11.0. The molecule has 7 nitrogen and oxygen atoms in total. The zero-order valence-electron chi connectivity index (χ0n) is 18.1. The molecule has 0 bridgehead atoms. The van der Waals surface area contributed by atoms with Crippen molar-refractivity contribution in [3.05, 3.63) is 59.7 Å². The molecule has 1 saturated carbocycles. The largest absolute Gasteiger partial charge is 0.481 e. The molecule has 168 valence electrons. The quantitative estimate of drug-likeness (QED) is 0.627. The Bertz CT molecular complexity index is 975. The Morgan fingerprint density at radius 1 is 1.06 bits per heavy atom. The molecule has 2 aliphatic carbocycles. The molecule has 2 amide bonds. The lowest BCUT2D eigenvalue weighted by atomic mass is 9.98. The number of carbonyl (C=O) groups is 3. The van der Waals surface area contributed by atoms with Crippen molar-refractivity contribution in [1.29, 1.82) is 0 Å². The third kappa shape index (κ3) is 4.77. The van der Waals surface area contributed by atoms with E-state index >= 15 is 0 Å². The number of fused-ring (bicyclic) bond motifs is 3. The van der Waals surface area contributed by atoms with Crippen molar-refractivity contribution in [2.45, 2.75) is 25.2 Å². The number of hydrogen-bond acceptors (Lipinski definition) is 4. The number of carbonyl (C=O) groups excluding carboxylic acids is 2. The van der Waals surface area contributed by atoms with Crippen LogP contribution in [0.15, 0.2) is 48.5 Å². The molecule has 2 N–H and O–H groups in total. The van der Waals surface area contributed by atoms with Gasteiger partial charge in [-0.2, -0.15) is 0 Å². The van der Waals surface area contributed by atoms with Gasteiger partial charge in [0.2, 0.25) is 5.91 Å². The number of aliphatic carboxylic acids is 1. The van der Waals surface area contributed by atoms with Gasteiger partial charge in [0.1, 0.15) is 6.61 Å². The molecule has 0 saturated heterocycles. The number of carboxylic acid groups (broad SMARTS) is 1. The Morgan fingerprint density at radius 2 is 1.69 bits per heavy atom. The topological polar surface area (TPSA) is 95.9 Å². The van der Waals surface area contributed by atoms with Crippen molar-refractivity contribution < 1.29 is 24.2 Å². The molecule has 1 fully saturated rings. The number of carboxylic acids is 1. The molecular weight excluding hydrogens is 408 g/mol. The summed E-state index contributed by atoms with van der Waals surface area (Å²) >= 11 is 0. The maximum Gasteiger partial charge on any atom is 0.407 e. The highest BCUT2D eigenvalue weighted by Crippen LogP contribution is 2.44. The van der Waals surface area contributed by atoms with Crippen molar-refractivity contribution in [3.63, 3.8) is 0 Å². The van der Waals surface area contributed by atoms with Gasteiger partial charge in [-0.3, -0.25) is 9.59 Å². The second kappa shape index (κ2) is 9.42. The van der Waals surface area contributed by atoms with Crippen LogP contribution in [-0.4, -0.2) is 54.7 Å². The summed E-state index contributed by atoms with van der Waals surface area (Å²) in [5.41, 5.74) is 4.70. The highest BCUT2D eigenvalue weighted by Gasteiger charge is 2.44. The fourth-order valence-corrected chi connectivity index (χ4v) is 4.50. The van der Waals surface area contributed by atoms with E-state index in [-0.39, 0.29) is 36.7 Å². The highest BCUT2D eigenvalue weighted by molar-refractivity contribution is 5.82. The van der Waals surface area contributed by atoms with E-state index in [4.69, 9.17) is 9.84 Å². The molecule has 0 aliphatic heterocycles. The smallest absolute Gasteiger partial charge is 0.407 e. The SMILES string of the molecule is CN(CCCC(=O)O)C(=O)[C@H]1C[C@H]1CNC(=O)OCC1c2ccccc2-c2ccccc21. The average molecular weight is 437 g/mol. The molecule has 2 aliphatic rings. The van der Waals surface area contributed by atoms with Gasteiger partial charge in [-0.1, -0.05) is 48.5 Å². The zero-order valence-corrected chi connectivity index (χ0v) is 18.1. The third-order valence-corrected chi connectivity index (χ3v) is 6.35. The summed E-state index contributed by atoms with van der Waals surface area (Å²) in [6.45, 7) is 1.09. The molecule has 2 aromatic carbocycles. The molecule has 7 heteroatoms. The normalized spacial score (nSPS) is 18.4. The molecule has 0 unspecified atom stereocenters. The lowest BCUT2D eigenvalue weighted by Gasteiger charge is -2.17. The van der Waals surface area contributed by atoms with Crippen molar-refractivity contribution in [1.82, 2.24) is 10.2 Å². The molecule has 0 heterocycles. The number of rotatable bonds is 9. The molecule has 32 heavy (non-hydrogen) atoms. The standard InChI is InChI=1S/C25H28N2O5/c1-27(12-6-11-23(28)29)24(30)21-13-16(21)14-26-25(31)32-15-22-19-9-4-2-7-17(19)18-8-3-5-10-20(18)22/h2-5,7-10,16,21-22H,6,11-15H2,1H3,(H,26,31)(H,28,29)/t16-,21-/m0/s1. The van der Waals surface area contributed by atoms with Gasteiger partial charge in [0.25, 0.3) is 0 Å². The maximum absolute atomic E-state index is 12.4. The van der Waals surface area contributed by atoms with E-state index in [1.165, 1.54) is 22.3 Å². The van der Waals surface area contributed by atoms with Crippen LogP contribution in [-0.2, 0) is 14.3 Å². The Morgan fingerprint density at radius 3 is 2.31 bits per heavy atom.